The standard InChI is InChI=1S/C14H23BrN2O2S2/c1-3-8-16-10-11-9-12(13(15)20-11)21(18,19)17-14(4-2)6-5-7-14/h9,16-17H,3-8,10H2,1-2H3. The van der Waals surface area contributed by atoms with E-state index in [1.807, 2.05) is 6.92 Å². The minimum atomic E-state index is -3.45. The molecule has 1 fully saturated rings. The number of nitrogens with one attached hydrogen (secondary N) is 2. The third-order valence-corrected chi connectivity index (χ3v) is 7.89. The third-order valence-electron chi connectivity index (χ3n) is 4.06. The maximum Gasteiger partial charge on any atom is 0.243 e. The van der Waals surface area contributed by atoms with E-state index in [1.165, 1.54) is 11.3 Å². The lowest BCUT2D eigenvalue weighted by molar-refractivity contribution is 0.214. The average molecular weight is 395 g/mol. The summed E-state index contributed by atoms with van der Waals surface area (Å²) in [5.74, 6) is 0. The first-order chi connectivity index (χ1) is 9.92. The molecular formula is C14H23BrN2O2S2. The van der Waals surface area contributed by atoms with Crippen molar-refractivity contribution >= 4 is 37.3 Å². The summed E-state index contributed by atoms with van der Waals surface area (Å²) in [6.45, 7) is 5.81. The topological polar surface area (TPSA) is 58.2 Å². The van der Waals surface area contributed by atoms with Crippen molar-refractivity contribution in [3.63, 3.8) is 0 Å². The fourth-order valence-corrected chi connectivity index (χ4v) is 6.71. The smallest absolute Gasteiger partial charge is 0.243 e. The van der Waals surface area contributed by atoms with Gasteiger partial charge in [0, 0.05) is 17.0 Å². The molecule has 2 rings (SSSR count). The van der Waals surface area contributed by atoms with Crippen molar-refractivity contribution in [1.82, 2.24) is 10.0 Å². The molecule has 1 aromatic heterocycles. The van der Waals surface area contributed by atoms with E-state index in [4.69, 9.17) is 0 Å². The molecule has 120 valence electrons. The summed E-state index contributed by atoms with van der Waals surface area (Å²) in [7, 11) is -3.45. The Morgan fingerprint density at radius 1 is 1.38 bits per heavy atom. The van der Waals surface area contributed by atoms with Gasteiger partial charge >= 0.3 is 0 Å². The zero-order chi connectivity index (χ0) is 15.5. The molecule has 7 heteroatoms. The highest BCUT2D eigenvalue weighted by Crippen LogP contribution is 2.38. The van der Waals surface area contributed by atoms with Crippen LogP contribution in [0.3, 0.4) is 0 Å². The summed E-state index contributed by atoms with van der Waals surface area (Å²) in [4.78, 5) is 1.41. The van der Waals surface area contributed by atoms with Crippen LogP contribution >= 0.6 is 27.3 Å². The molecule has 0 saturated heterocycles. The average Bonchev–Trinajstić information content (AvgIpc) is 2.76. The van der Waals surface area contributed by atoms with Gasteiger partial charge in [-0.05, 0) is 60.6 Å². The van der Waals surface area contributed by atoms with Crippen LogP contribution in [-0.4, -0.2) is 20.5 Å². The second-order valence-corrected chi connectivity index (χ2v) is 9.73. The molecule has 0 bridgehead atoms. The monoisotopic (exact) mass is 394 g/mol. The van der Waals surface area contributed by atoms with Gasteiger partial charge in [-0.25, -0.2) is 13.1 Å². The molecule has 0 aromatic carbocycles. The normalized spacial score (nSPS) is 17.7. The maximum absolute atomic E-state index is 12.6. The third kappa shape index (κ3) is 4.07. The van der Waals surface area contributed by atoms with E-state index >= 15 is 0 Å². The van der Waals surface area contributed by atoms with Crippen LogP contribution in [0.4, 0.5) is 0 Å². The Morgan fingerprint density at radius 3 is 2.62 bits per heavy atom. The van der Waals surface area contributed by atoms with Crippen molar-refractivity contribution in [3.05, 3.63) is 14.7 Å². The molecule has 21 heavy (non-hydrogen) atoms. The van der Waals surface area contributed by atoms with Crippen molar-refractivity contribution < 1.29 is 8.42 Å². The van der Waals surface area contributed by atoms with E-state index in [0.29, 0.717) is 15.2 Å². The number of halogens is 1. The second kappa shape index (κ2) is 7.08. The molecule has 0 unspecified atom stereocenters. The Hall–Kier alpha value is 0.0500. The minimum absolute atomic E-state index is 0.221. The van der Waals surface area contributed by atoms with Crippen LogP contribution in [-0.2, 0) is 16.6 Å². The fourth-order valence-electron chi connectivity index (χ4n) is 2.53. The SMILES string of the molecule is CCCNCc1cc(S(=O)(=O)NC2(CC)CCC2)c(Br)s1. The minimum Gasteiger partial charge on any atom is -0.312 e. The number of sulfonamides is 1. The van der Waals surface area contributed by atoms with Gasteiger partial charge in [-0.15, -0.1) is 11.3 Å². The molecule has 0 spiro atoms. The van der Waals surface area contributed by atoms with Gasteiger partial charge < -0.3 is 5.32 Å². The Bertz CT molecular complexity index is 574. The van der Waals surface area contributed by atoms with Gasteiger partial charge in [-0.3, -0.25) is 0 Å². The van der Waals surface area contributed by atoms with Crippen LogP contribution in [0.25, 0.3) is 0 Å². The zero-order valence-corrected chi connectivity index (χ0v) is 15.8. The van der Waals surface area contributed by atoms with Gasteiger partial charge in [-0.2, -0.15) is 0 Å². The fraction of sp³-hybridized carbons (Fsp3) is 0.714. The first-order valence-corrected chi connectivity index (χ1v) is 10.5. The molecule has 0 atom stereocenters. The summed E-state index contributed by atoms with van der Waals surface area (Å²) < 4.78 is 28.8. The van der Waals surface area contributed by atoms with Crippen LogP contribution in [0.5, 0.6) is 0 Å². The summed E-state index contributed by atoms with van der Waals surface area (Å²) in [6.07, 6.45) is 4.90. The van der Waals surface area contributed by atoms with Gasteiger partial charge in [0.1, 0.15) is 4.90 Å². The summed E-state index contributed by atoms with van der Waals surface area (Å²) in [5, 5.41) is 3.30. The van der Waals surface area contributed by atoms with Crippen LogP contribution < -0.4 is 10.0 Å². The van der Waals surface area contributed by atoms with Crippen molar-refractivity contribution in [2.24, 2.45) is 0 Å². The summed E-state index contributed by atoms with van der Waals surface area (Å²) in [6, 6.07) is 1.78. The van der Waals surface area contributed by atoms with Crippen LogP contribution in [0.15, 0.2) is 14.7 Å². The number of thiophene rings is 1. The van der Waals surface area contributed by atoms with E-state index in [1.54, 1.807) is 6.07 Å². The van der Waals surface area contributed by atoms with E-state index in [2.05, 4.69) is 32.9 Å². The number of hydrogen-bond donors (Lipinski definition) is 2. The van der Waals surface area contributed by atoms with E-state index < -0.39 is 10.0 Å². The van der Waals surface area contributed by atoms with Crippen LogP contribution in [0.2, 0.25) is 0 Å². The van der Waals surface area contributed by atoms with E-state index in [0.717, 1.165) is 43.5 Å². The van der Waals surface area contributed by atoms with Crippen LogP contribution in [0.1, 0.15) is 50.8 Å². The van der Waals surface area contributed by atoms with Crippen molar-refractivity contribution in [2.75, 3.05) is 6.54 Å². The van der Waals surface area contributed by atoms with Crippen molar-refractivity contribution in [1.29, 1.82) is 0 Å². The lowest BCUT2D eigenvalue weighted by Crippen LogP contribution is -2.52. The number of rotatable bonds is 8. The van der Waals surface area contributed by atoms with Crippen molar-refractivity contribution in [2.45, 2.75) is 62.9 Å². The van der Waals surface area contributed by atoms with Gasteiger partial charge in [-0.1, -0.05) is 13.8 Å². The molecule has 1 heterocycles. The molecule has 1 aromatic rings. The lowest BCUT2D eigenvalue weighted by atomic mass is 9.76. The van der Waals surface area contributed by atoms with Crippen molar-refractivity contribution in [3.8, 4) is 0 Å². The van der Waals surface area contributed by atoms with E-state index in [-0.39, 0.29) is 5.54 Å². The predicted molar refractivity (Wildman–Crippen MR) is 91.2 cm³/mol. The summed E-state index contributed by atoms with van der Waals surface area (Å²) in [5.41, 5.74) is -0.221. The quantitative estimate of drug-likeness (QED) is 0.661. The Labute approximate surface area is 139 Å². The molecule has 1 aliphatic carbocycles. The molecule has 1 aliphatic rings. The molecular weight excluding hydrogens is 372 g/mol. The Morgan fingerprint density at radius 2 is 2.10 bits per heavy atom. The molecule has 4 nitrogen and oxygen atoms in total. The highest BCUT2D eigenvalue weighted by Gasteiger charge is 2.39. The Balaban J connectivity index is 2.12. The maximum atomic E-state index is 12.6. The first kappa shape index (κ1) is 17.4. The zero-order valence-electron chi connectivity index (χ0n) is 12.5. The molecule has 0 radical (unpaired) electrons. The lowest BCUT2D eigenvalue weighted by Gasteiger charge is -2.41. The Kier molecular flexibility index (Phi) is 5.87. The molecule has 0 aliphatic heterocycles. The van der Waals surface area contributed by atoms with Crippen LogP contribution in [0, 0.1) is 0 Å². The molecule has 2 N–H and O–H groups in total. The largest absolute Gasteiger partial charge is 0.312 e. The molecule has 1 saturated carbocycles. The first-order valence-electron chi connectivity index (χ1n) is 7.45. The molecule has 0 amide bonds. The second-order valence-electron chi connectivity index (χ2n) is 5.62. The predicted octanol–water partition coefficient (Wildman–Crippen LogP) is 3.62. The van der Waals surface area contributed by atoms with Gasteiger partial charge in [0.2, 0.25) is 10.0 Å². The highest BCUT2D eigenvalue weighted by molar-refractivity contribution is 9.11. The highest BCUT2D eigenvalue weighted by atomic mass is 79.9. The van der Waals surface area contributed by atoms with Gasteiger partial charge in [0.05, 0.1) is 3.79 Å². The number of hydrogen-bond acceptors (Lipinski definition) is 4. The van der Waals surface area contributed by atoms with Gasteiger partial charge in [0.25, 0.3) is 0 Å². The van der Waals surface area contributed by atoms with E-state index in [9.17, 15) is 8.42 Å². The van der Waals surface area contributed by atoms with Gasteiger partial charge in [0.15, 0.2) is 0 Å². The summed E-state index contributed by atoms with van der Waals surface area (Å²) >= 11 is 4.89.